The summed E-state index contributed by atoms with van der Waals surface area (Å²) in [4.78, 5) is 4.21. The van der Waals surface area contributed by atoms with E-state index in [1.54, 1.807) is 0 Å². The van der Waals surface area contributed by atoms with Crippen LogP contribution in [0, 0.1) is 11.6 Å². The molecule has 3 nitrogen and oxygen atoms in total. The highest BCUT2D eigenvalue weighted by atomic mass is 19.2. The predicted molar refractivity (Wildman–Crippen MR) is 56.2 cm³/mol. The normalized spacial score (nSPS) is 15.9. The van der Waals surface area contributed by atoms with Crippen LogP contribution in [0.2, 0.25) is 0 Å². The van der Waals surface area contributed by atoms with Gasteiger partial charge in [0.2, 0.25) is 11.7 Å². The maximum Gasteiger partial charge on any atom is 0.230 e. The number of hydrogen-bond acceptors (Lipinski definition) is 3. The van der Waals surface area contributed by atoms with Crippen LogP contribution in [0.5, 0.6) is 0 Å². The molecule has 88 valence electrons. The summed E-state index contributed by atoms with van der Waals surface area (Å²) in [5.74, 6) is -0.544. The summed E-state index contributed by atoms with van der Waals surface area (Å²) in [7, 11) is 0. The molecule has 1 aromatic heterocycles. The van der Waals surface area contributed by atoms with Crippen LogP contribution in [0.3, 0.4) is 0 Å². The maximum atomic E-state index is 13.0. The van der Waals surface area contributed by atoms with E-state index in [2.05, 4.69) is 10.1 Å². The van der Waals surface area contributed by atoms with Crippen molar-refractivity contribution < 1.29 is 13.3 Å². The smallest absolute Gasteiger partial charge is 0.230 e. The van der Waals surface area contributed by atoms with Crippen LogP contribution in [-0.4, -0.2) is 10.1 Å². The van der Waals surface area contributed by atoms with E-state index in [-0.39, 0.29) is 0 Å². The quantitative estimate of drug-likeness (QED) is 0.803. The molecule has 0 aliphatic heterocycles. The second kappa shape index (κ2) is 3.91. The van der Waals surface area contributed by atoms with Gasteiger partial charge in [0.15, 0.2) is 11.6 Å². The number of aromatic nitrogens is 2. The van der Waals surface area contributed by atoms with Gasteiger partial charge in [-0.2, -0.15) is 4.98 Å². The molecule has 1 fully saturated rings. The Kier molecular flexibility index (Phi) is 2.39. The molecule has 1 aromatic carbocycles. The SMILES string of the molecule is Fc1ccc(-c2noc(C3CCC3)n2)cc1F. The third-order valence-electron chi connectivity index (χ3n) is 3.07. The molecule has 1 aliphatic rings. The van der Waals surface area contributed by atoms with Crippen molar-refractivity contribution in [3.63, 3.8) is 0 Å². The fourth-order valence-corrected chi connectivity index (χ4v) is 1.81. The van der Waals surface area contributed by atoms with Gasteiger partial charge in [-0.3, -0.25) is 0 Å². The van der Waals surface area contributed by atoms with Gasteiger partial charge in [-0.15, -0.1) is 0 Å². The van der Waals surface area contributed by atoms with Crippen LogP contribution >= 0.6 is 0 Å². The minimum atomic E-state index is -0.905. The summed E-state index contributed by atoms with van der Waals surface area (Å²) >= 11 is 0. The average Bonchev–Trinajstić information content (AvgIpc) is 2.69. The lowest BCUT2D eigenvalue weighted by atomic mass is 9.85. The van der Waals surface area contributed by atoms with Crippen molar-refractivity contribution in [1.82, 2.24) is 10.1 Å². The largest absolute Gasteiger partial charge is 0.339 e. The molecule has 0 atom stereocenters. The Morgan fingerprint density at radius 1 is 1.18 bits per heavy atom. The average molecular weight is 236 g/mol. The topological polar surface area (TPSA) is 38.9 Å². The van der Waals surface area contributed by atoms with Gasteiger partial charge in [-0.25, -0.2) is 8.78 Å². The van der Waals surface area contributed by atoms with Crippen molar-refractivity contribution in [3.8, 4) is 11.4 Å². The Labute approximate surface area is 96.5 Å². The zero-order valence-corrected chi connectivity index (χ0v) is 8.99. The highest BCUT2D eigenvalue weighted by Gasteiger charge is 2.25. The highest BCUT2D eigenvalue weighted by Crippen LogP contribution is 2.36. The van der Waals surface area contributed by atoms with E-state index in [9.17, 15) is 8.78 Å². The van der Waals surface area contributed by atoms with E-state index in [4.69, 9.17) is 4.52 Å². The molecule has 0 amide bonds. The van der Waals surface area contributed by atoms with Crippen LogP contribution in [0.25, 0.3) is 11.4 Å². The first-order valence-electron chi connectivity index (χ1n) is 5.53. The molecule has 0 spiro atoms. The predicted octanol–water partition coefficient (Wildman–Crippen LogP) is 3.28. The van der Waals surface area contributed by atoms with Crippen LogP contribution < -0.4 is 0 Å². The molecule has 0 saturated heterocycles. The van der Waals surface area contributed by atoms with Crippen LogP contribution in [0.1, 0.15) is 31.1 Å². The van der Waals surface area contributed by atoms with E-state index in [1.165, 1.54) is 12.5 Å². The monoisotopic (exact) mass is 236 g/mol. The van der Waals surface area contributed by atoms with Gasteiger partial charge in [0.25, 0.3) is 0 Å². The van der Waals surface area contributed by atoms with Gasteiger partial charge in [0.1, 0.15) is 0 Å². The lowest BCUT2D eigenvalue weighted by Crippen LogP contribution is -2.08. The van der Waals surface area contributed by atoms with Crippen molar-refractivity contribution >= 4 is 0 Å². The van der Waals surface area contributed by atoms with Crippen molar-refractivity contribution in [2.45, 2.75) is 25.2 Å². The first kappa shape index (κ1) is 10.4. The Balaban J connectivity index is 1.92. The van der Waals surface area contributed by atoms with Gasteiger partial charge in [-0.05, 0) is 31.0 Å². The lowest BCUT2D eigenvalue weighted by Gasteiger charge is -2.20. The van der Waals surface area contributed by atoms with E-state index in [1.807, 2.05) is 0 Å². The van der Waals surface area contributed by atoms with Gasteiger partial charge in [0, 0.05) is 11.5 Å². The Morgan fingerprint density at radius 2 is 2.00 bits per heavy atom. The molecule has 3 rings (SSSR count). The van der Waals surface area contributed by atoms with Crippen molar-refractivity contribution in [2.75, 3.05) is 0 Å². The molecule has 1 aliphatic carbocycles. The minimum Gasteiger partial charge on any atom is -0.339 e. The van der Waals surface area contributed by atoms with Gasteiger partial charge >= 0.3 is 0 Å². The molecular weight excluding hydrogens is 226 g/mol. The molecule has 17 heavy (non-hydrogen) atoms. The first-order valence-corrected chi connectivity index (χ1v) is 5.53. The Bertz CT molecular complexity index is 549. The van der Waals surface area contributed by atoms with Crippen molar-refractivity contribution in [2.24, 2.45) is 0 Å². The third kappa shape index (κ3) is 1.81. The second-order valence-corrected chi connectivity index (χ2v) is 4.21. The van der Waals surface area contributed by atoms with Gasteiger partial charge < -0.3 is 4.52 Å². The molecular formula is C12H10F2N2O. The lowest BCUT2D eigenvalue weighted by molar-refractivity contribution is 0.292. The van der Waals surface area contributed by atoms with Crippen molar-refractivity contribution in [3.05, 3.63) is 35.7 Å². The molecule has 0 bridgehead atoms. The zero-order chi connectivity index (χ0) is 11.8. The molecule has 0 radical (unpaired) electrons. The number of nitrogens with zero attached hydrogens (tertiary/aromatic N) is 2. The minimum absolute atomic E-state index is 0.311. The summed E-state index contributed by atoms with van der Waals surface area (Å²) in [6.07, 6.45) is 3.28. The molecule has 1 saturated carbocycles. The number of halogens is 2. The second-order valence-electron chi connectivity index (χ2n) is 4.21. The van der Waals surface area contributed by atoms with E-state index in [0.29, 0.717) is 23.2 Å². The zero-order valence-electron chi connectivity index (χ0n) is 8.99. The third-order valence-corrected chi connectivity index (χ3v) is 3.07. The number of hydrogen-bond donors (Lipinski definition) is 0. The standard InChI is InChI=1S/C12H10F2N2O/c13-9-5-4-8(6-10(9)14)11-15-12(17-16-11)7-2-1-3-7/h4-7H,1-3H2. The summed E-state index contributed by atoms with van der Waals surface area (Å²) < 4.78 is 30.9. The Morgan fingerprint density at radius 3 is 2.65 bits per heavy atom. The highest BCUT2D eigenvalue weighted by molar-refractivity contribution is 5.54. The maximum absolute atomic E-state index is 13.0. The Hall–Kier alpha value is -1.78. The summed E-state index contributed by atoms with van der Waals surface area (Å²) in [5.41, 5.74) is 0.429. The molecule has 2 aromatic rings. The van der Waals surface area contributed by atoms with Crippen LogP contribution in [0.4, 0.5) is 8.78 Å². The molecule has 5 heteroatoms. The van der Waals surface area contributed by atoms with Crippen LogP contribution in [-0.2, 0) is 0 Å². The molecule has 0 N–H and O–H groups in total. The first-order chi connectivity index (χ1) is 8.24. The fourth-order valence-electron chi connectivity index (χ4n) is 1.81. The van der Waals surface area contributed by atoms with Gasteiger partial charge in [-0.1, -0.05) is 11.6 Å². The number of benzene rings is 1. The van der Waals surface area contributed by atoms with Crippen LogP contribution in [0.15, 0.2) is 22.7 Å². The fraction of sp³-hybridized carbons (Fsp3) is 0.333. The van der Waals surface area contributed by atoms with E-state index >= 15 is 0 Å². The summed E-state index contributed by atoms with van der Waals surface area (Å²) in [6, 6.07) is 3.57. The summed E-state index contributed by atoms with van der Waals surface area (Å²) in [6.45, 7) is 0. The van der Waals surface area contributed by atoms with E-state index < -0.39 is 11.6 Å². The van der Waals surface area contributed by atoms with E-state index in [0.717, 1.165) is 25.0 Å². The summed E-state index contributed by atoms with van der Waals surface area (Å²) in [5, 5.41) is 3.78. The van der Waals surface area contributed by atoms with Crippen molar-refractivity contribution in [1.29, 1.82) is 0 Å². The molecule has 1 heterocycles. The molecule has 0 unspecified atom stereocenters. The van der Waals surface area contributed by atoms with Gasteiger partial charge in [0.05, 0.1) is 0 Å². The number of rotatable bonds is 2.